The van der Waals surface area contributed by atoms with Gasteiger partial charge in [0.15, 0.2) is 0 Å². The lowest BCUT2D eigenvalue weighted by Crippen LogP contribution is -2.14. The van der Waals surface area contributed by atoms with Gasteiger partial charge in [-0.2, -0.15) is 0 Å². The van der Waals surface area contributed by atoms with Gasteiger partial charge in [0.1, 0.15) is 6.10 Å². The Morgan fingerprint density at radius 3 is 2.53 bits per heavy atom. The molecule has 1 unspecified atom stereocenters. The number of nitrogens with zero attached hydrogens (tertiary/aromatic N) is 1. The SMILES string of the molecule is OC(c1ccc(-c2ccccn2)s1)C(Cl)(Cl)Cl. The van der Waals surface area contributed by atoms with Crippen molar-refractivity contribution >= 4 is 46.1 Å². The Labute approximate surface area is 118 Å². The number of aliphatic hydroxyl groups excluding tert-OH is 1. The first-order chi connectivity index (χ1) is 7.98. The molecule has 0 bridgehead atoms. The minimum atomic E-state index is -1.72. The average molecular weight is 309 g/mol. The molecule has 0 fully saturated rings. The first-order valence-electron chi connectivity index (χ1n) is 4.74. The Morgan fingerprint density at radius 1 is 1.18 bits per heavy atom. The van der Waals surface area contributed by atoms with Crippen LogP contribution >= 0.6 is 46.1 Å². The molecule has 6 heteroatoms. The molecule has 0 aliphatic rings. The molecule has 0 saturated heterocycles. The molecule has 0 aliphatic carbocycles. The molecule has 2 heterocycles. The molecule has 1 N–H and O–H groups in total. The number of halogens is 3. The van der Waals surface area contributed by atoms with Crippen LogP contribution < -0.4 is 0 Å². The van der Waals surface area contributed by atoms with Crippen molar-refractivity contribution in [3.8, 4) is 10.6 Å². The van der Waals surface area contributed by atoms with Gasteiger partial charge in [-0.05, 0) is 24.3 Å². The van der Waals surface area contributed by atoms with Gasteiger partial charge in [-0.3, -0.25) is 4.98 Å². The monoisotopic (exact) mass is 307 g/mol. The highest BCUT2D eigenvalue weighted by Crippen LogP contribution is 2.43. The second kappa shape index (κ2) is 5.12. The van der Waals surface area contributed by atoms with E-state index in [1.54, 1.807) is 12.3 Å². The van der Waals surface area contributed by atoms with Gasteiger partial charge in [-0.15, -0.1) is 11.3 Å². The number of thiophene rings is 1. The maximum absolute atomic E-state index is 9.81. The van der Waals surface area contributed by atoms with Crippen LogP contribution in [-0.4, -0.2) is 13.9 Å². The summed E-state index contributed by atoms with van der Waals surface area (Å²) in [5, 5.41) is 9.81. The maximum Gasteiger partial charge on any atom is 0.220 e. The van der Waals surface area contributed by atoms with E-state index in [2.05, 4.69) is 4.98 Å². The molecular formula is C11H8Cl3NOS. The summed E-state index contributed by atoms with van der Waals surface area (Å²) < 4.78 is -1.72. The fourth-order valence-corrected chi connectivity index (χ4v) is 2.89. The van der Waals surface area contributed by atoms with E-state index in [4.69, 9.17) is 34.8 Å². The normalized spacial score (nSPS) is 13.6. The summed E-state index contributed by atoms with van der Waals surface area (Å²) in [6.07, 6.45) is 0.579. The lowest BCUT2D eigenvalue weighted by molar-refractivity contribution is 0.186. The molecule has 0 radical (unpaired) electrons. The van der Waals surface area contributed by atoms with E-state index < -0.39 is 9.90 Å². The van der Waals surface area contributed by atoms with Crippen LogP contribution in [0, 0.1) is 0 Å². The molecule has 2 aromatic rings. The number of aromatic nitrogens is 1. The highest BCUT2D eigenvalue weighted by molar-refractivity contribution is 7.15. The van der Waals surface area contributed by atoms with Crippen LogP contribution in [0.4, 0.5) is 0 Å². The molecule has 17 heavy (non-hydrogen) atoms. The third-order valence-corrected chi connectivity index (χ3v) is 3.90. The zero-order valence-electron chi connectivity index (χ0n) is 8.48. The quantitative estimate of drug-likeness (QED) is 0.843. The lowest BCUT2D eigenvalue weighted by atomic mass is 10.3. The molecule has 2 rings (SSSR count). The van der Waals surface area contributed by atoms with Crippen LogP contribution in [0.25, 0.3) is 10.6 Å². The minimum absolute atomic E-state index is 0.602. The van der Waals surface area contributed by atoms with Crippen LogP contribution in [0.5, 0.6) is 0 Å². The molecule has 0 amide bonds. The summed E-state index contributed by atoms with van der Waals surface area (Å²) in [5.74, 6) is 0. The Balaban J connectivity index is 2.28. The second-order valence-corrected chi connectivity index (χ2v) is 6.85. The third-order valence-electron chi connectivity index (χ3n) is 2.12. The highest BCUT2D eigenvalue weighted by atomic mass is 35.6. The van der Waals surface area contributed by atoms with Crippen LogP contribution in [0.2, 0.25) is 0 Å². The second-order valence-electron chi connectivity index (χ2n) is 3.36. The first-order valence-corrected chi connectivity index (χ1v) is 6.69. The van der Waals surface area contributed by atoms with E-state index in [0.29, 0.717) is 4.88 Å². The molecule has 2 nitrogen and oxygen atoms in total. The summed E-state index contributed by atoms with van der Waals surface area (Å²) >= 11 is 18.3. The fourth-order valence-electron chi connectivity index (χ4n) is 1.31. The van der Waals surface area contributed by atoms with Crippen LogP contribution in [-0.2, 0) is 0 Å². The molecule has 90 valence electrons. The van der Waals surface area contributed by atoms with Gasteiger partial charge in [0.05, 0.1) is 10.6 Å². The molecule has 0 saturated carbocycles. The van der Waals surface area contributed by atoms with E-state index in [-0.39, 0.29) is 0 Å². The van der Waals surface area contributed by atoms with E-state index in [1.807, 2.05) is 24.3 Å². The van der Waals surface area contributed by atoms with Gasteiger partial charge >= 0.3 is 0 Å². The maximum atomic E-state index is 9.81. The van der Waals surface area contributed by atoms with E-state index in [1.165, 1.54) is 11.3 Å². The number of hydrogen-bond acceptors (Lipinski definition) is 3. The van der Waals surface area contributed by atoms with Gasteiger partial charge in [0.25, 0.3) is 0 Å². The third kappa shape index (κ3) is 3.12. The first kappa shape index (κ1) is 13.1. The fraction of sp³-hybridized carbons (Fsp3) is 0.182. The molecule has 0 aromatic carbocycles. The smallest absolute Gasteiger partial charge is 0.220 e. The summed E-state index contributed by atoms with van der Waals surface area (Å²) in [5.41, 5.74) is 0.834. The Kier molecular flexibility index (Phi) is 3.95. The lowest BCUT2D eigenvalue weighted by Gasteiger charge is -2.16. The predicted octanol–water partition coefficient (Wildman–Crippen LogP) is 4.21. The molecule has 2 aromatic heterocycles. The van der Waals surface area contributed by atoms with Crippen molar-refractivity contribution < 1.29 is 5.11 Å². The summed E-state index contributed by atoms with van der Waals surface area (Å²) in [6, 6.07) is 9.21. The van der Waals surface area contributed by atoms with E-state index in [9.17, 15) is 5.11 Å². The van der Waals surface area contributed by atoms with Crippen molar-refractivity contribution in [2.24, 2.45) is 0 Å². The highest BCUT2D eigenvalue weighted by Gasteiger charge is 2.33. The van der Waals surface area contributed by atoms with E-state index >= 15 is 0 Å². The average Bonchev–Trinajstić information content (AvgIpc) is 2.77. The van der Waals surface area contributed by atoms with Gasteiger partial charge in [0.2, 0.25) is 3.79 Å². The van der Waals surface area contributed by atoms with Gasteiger partial charge in [-0.25, -0.2) is 0 Å². The number of hydrogen-bond donors (Lipinski definition) is 1. The molecule has 0 aliphatic heterocycles. The number of aliphatic hydroxyl groups is 1. The summed E-state index contributed by atoms with van der Waals surface area (Å²) in [6.45, 7) is 0. The number of pyridine rings is 1. The van der Waals surface area contributed by atoms with Crippen molar-refractivity contribution in [1.29, 1.82) is 0 Å². The zero-order chi connectivity index (χ0) is 12.5. The molecule has 0 spiro atoms. The summed E-state index contributed by atoms with van der Waals surface area (Å²) in [4.78, 5) is 5.74. The van der Waals surface area contributed by atoms with Crippen molar-refractivity contribution in [3.05, 3.63) is 41.4 Å². The van der Waals surface area contributed by atoms with Crippen molar-refractivity contribution in [1.82, 2.24) is 4.98 Å². The topological polar surface area (TPSA) is 33.1 Å². The van der Waals surface area contributed by atoms with Gasteiger partial charge in [0, 0.05) is 11.1 Å². The molecular weight excluding hydrogens is 301 g/mol. The van der Waals surface area contributed by atoms with Crippen molar-refractivity contribution in [3.63, 3.8) is 0 Å². The Bertz CT molecular complexity index is 495. The van der Waals surface area contributed by atoms with E-state index in [0.717, 1.165) is 10.6 Å². The minimum Gasteiger partial charge on any atom is -0.383 e. The largest absolute Gasteiger partial charge is 0.383 e. The van der Waals surface area contributed by atoms with Crippen LogP contribution in [0.3, 0.4) is 0 Å². The summed E-state index contributed by atoms with van der Waals surface area (Å²) in [7, 11) is 0. The van der Waals surface area contributed by atoms with Gasteiger partial charge < -0.3 is 5.11 Å². The predicted molar refractivity (Wildman–Crippen MR) is 72.8 cm³/mol. The zero-order valence-corrected chi connectivity index (χ0v) is 11.6. The van der Waals surface area contributed by atoms with Crippen LogP contribution in [0.1, 0.15) is 11.0 Å². The Morgan fingerprint density at radius 2 is 1.94 bits per heavy atom. The molecule has 1 atom stereocenters. The van der Waals surface area contributed by atoms with Crippen molar-refractivity contribution in [2.45, 2.75) is 9.90 Å². The van der Waals surface area contributed by atoms with Crippen molar-refractivity contribution in [2.75, 3.05) is 0 Å². The number of rotatable bonds is 2. The van der Waals surface area contributed by atoms with Gasteiger partial charge in [-0.1, -0.05) is 40.9 Å². The standard InChI is InChI=1S/C11H8Cl3NOS/c12-11(13,14)10(16)9-5-4-8(17-9)7-3-1-2-6-15-7/h1-6,10,16H. The Hall–Kier alpha value is -0.320. The number of alkyl halides is 3. The van der Waals surface area contributed by atoms with Crippen LogP contribution in [0.15, 0.2) is 36.5 Å².